The zero-order chi connectivity index (χ0) is 40.0. The topological polar surface area (TPSA) is 162 Å². The lowest BCUT2D eigenvalue weighted by Gasteiger charge is -2.50. The van der Waals surface area contributed by atoms with E-state index in [1.165, 1.54) is 34.3 Å². The number of amides is 1. The van der Waals surface area contributed by atoms with E-state index in [1.54, 1.807) is 32.1 Å². The molecule has 13 heteroatoms. The Hall–Kier alpha value is -4.59. The molecule has 1 aromatic carbocycles. The highest BCUT2D eigenvalue weighted by atomic mass is 16.7. The third-order valence-corrected chi connectivity index (χ3v) is 10.7. The van der Waals surface area contributed by atoms with E-state index in [2.05, 4.69) is 5.32 Å². The third kappa shape index (κ3) is 7.41. The van der Waals surface area contributed by atoms with Gasteiger partial charge in [0.1, 0.15) is 17.6 Å². The third-order valence-electron chi connectivity index (χ3n) is 10.7. The molecule has 292 valence electrons. The minimum atomic E-state index is -1.94. The standard InChI is InChI=1S/C41H51NO12/c1-19-14-13-15-20(2)39(47)42-26-18-27(44)29-30(32(26)45)36(49-12)24(6)37-31(29)38(46)41(10,54-37)50-17-16-28(48-11)21(3)34(51-25(7)43)23(5)35-22(4)33(19)52-40(8,9)53-35/h13-19,21-23,28,33-35H,1-12H3,(H,42,47). The van der Waals surface area contributed by atoms with Gasteiger partial charge < -0.3 is 38.5 Å². The summed E-state index contributed by atoms with van der Waals surface area (Å²) >= 11 is 0. The molecule has 0 spiro atoms. The van der Waals surface area contributed by atoms with Crippen LogP contribution >= 0.6 is 0 Å². The number of carbonyl (C=O) groups is 5. The Morgan fingerprint density at radius 3 is 2.17 bits per heavy atom. The lowest BCUT2D eigenvalue weighted by atomic mass is 9.77. The second-order valence-corrected chi connectivity index (χ2v) is 15.2. The van der Waals surface area contributed by atoms with Gasteiger partial charge in [-0.1, -0.05) is 45.9 Å². The highest BCUT2D eigenvalue weighted by Crippen LogP contribution is 2.48. The Balaban J connectivity index is 1.63. The first-order valence-electron chi connectivity index (χ1n) is 18.1. The maximum atomic E-state index is 14.1. The van der Waals surface area contributed by atoms with E-state index in [-0.39, 0.29) is 63.3 Å². The van der Waals surface area contributed by atoms with Gasteiger partial charge in [-0.05, 0) is 33.8 Å². The second kappa shape index (κ2) is 15.3. The van der Waals surface area contributed by atoms with E-state index in [9.17, 15) is 24.0 Å². The molecule has 1 amide bonds. The number of fused-ring (bicyclic) bond motifs is 10. The van der Waals surface area contributed by atoms with E-state index in [4.69, 9.17) is 33.2 Å². The summed E-state index contributed by atoms with van der Waals surface area (Å²) in [6, 6.07) is 0. The molecule has 1 fully saturated rings. The fourth-order valence-corrected chi connectivity index (χ4v) is 7.95. The van der Waals surface area contributed by atoms with Crippen molar-refractivity contribution in [1.29, 1.82) is 0 Å². The van der Waals surface area contributed by atoms with Crippen LogP contribution in [0.4, 0.5) is 0 Å². The van der Waals surface area contributed by atoms with Crippen molar-refractivity contribution >= 4 is 29.2 Å². The van der Waals surface area contributed by atoms with Crippen molar-refractivity contribution < 1.29 is 57.1 Å². The van der Waals surface area contributed by atoms with Crippen molar-refractivity contribution in [1.82, 2.24) is 5.32 Å². The number of allylic oxidation sites excluding steroid dienone is 4. The van der Waals surface area contributed by atoms with Crippen LogP contribution < -0.4 is 14.8 Å². The molecule has 1 aliphatic carbocycles. The molecule has 5 aliphatic rings. The first kappa shape index (κ1) is 40.6. The number of rotatable bonds is 3. The smallest absolute Gasteiger partial charge is 0.312 e. The highest BCUT2D eigenvalue weighted by molar-refractivity contribution is 6.31. The van der Waals surface area contributed by atoms with E-state index in [0.717, 1.165) is 6.08 Å². The summed E-state index contributed by atoms with van der Waals surface area (Å²) in [5.41, 5.74) is -0.202. The number of hydrogen-bond donors (Lipinski definition) is 1. The van der Waals surface area contributed by atoms with Gasteiger partial charge in [0.25, 0.3) is 11.7 Å². The fraction of sp³-hybridized carbons (Fsp3) is 0.537. The lowest BCUT2D eigenvalue weighted by molar-refractivity contribution is -0.336. The quantitative estimate of drug-likeness (QED) is 0.374. The molecule has 1 aromatic rings. The minimum absolute atomic E-state index is 0.0250. The number of ether oxygens (including phenoxy) is 7. The summed E-state index contributed by atoms with van der Waals surface area (Å²) in [7, 11) is 2.84. The molecule has 0 radical (unpaired) electrons. The van der Waals surface area contributed by atoms with Gasteiger partial charge in [-0.2, -0.15) is 0 Å². The van der Waals surface area contributed by atoms with Crippen LogP contribution in [0.25, 0.3) is 0 Å². The first-order valence-corrected chi connectivity index (χ1v) is 18.1. The van der Waals surface area contributed by atoms with Crippen LogP contribution in [0.5, 0.6) is 11.5 Å². The molecule has 4 heterocycles. The predicted molar refractivity (Wildman–Crippen MR) is 196 cm³/mol. The summed E-state index contributed by atoms with van der Waals surface area (Å²) in [5, 5.41) is 2.57. The van der Waals surface area contributed by atoms with Crippen molar-refractivity contribution in [3.8, 4) is 11.5 Å². The molecule has 1 saturated heterocycles. The van der Waals surface area contributed by atoms with Crippen molar-refractivity contribution in [3.63, 3.8) is 0 Å². The molecule has 4 aliphatic heterocycles. The zero-order valence-corrected chi connectivity index (χ0v) is 33.0. The molecule has 1 N–H and O–H groups in total. The zero-order valence-electron chi connectivity index (χ0n) is 33.0. The summed E-state index contributed by atoms with van der Waals surface area (Å²) in [6.07, 6.45) is 7.04. The number of hydrogen-bond acceptors (Lipinski definition) is 12. The number of benzene rings is 1. The van der Waals surface area contributed by atoms with E-state index in [1.807, 2.05) is 47.6 Å². The van der Waals surface area contributed by atoms with E-state index < -0.39 is 65.0 Å². The van der Waals surface area contributed by atoms with E-state index in [0.29, 0.717) is 5.56 Å². The largest absolute Gasteiger partial charge is 0.496 e. The van der Waals surface area contributed by atoms with Crippen LogP contribution in [0.2, 0.25) is 0 Å². The van der Waals surface area contributed by atoms with Crippen LogP contribution in [0.3, 0.4) is 0 Å². The van der Waals surface area contributed by atoms with Gasteiger partial charge in [-0.15, -0.1) is 0 Å². The Bertz CT molecular complexity index is 1870. The van der Waals surface area contributed by atoms with Crippen LogP contribution in [0.15, 0.2) is 47.9 Å². The fourth-order valence-electron chi connectivity index (χ4n) is 7.95. The van der Waals surface area contributed by atoms with Crippen LogP contribution in [0.1, 0.15) is 99.0 Å². The van der Waals surface area contributed by atoms with Gasteiger partial charge in [0.05, 0.1) is 54.1 Å². The van der Waals surface area contributed by atoms with Crippen LogP contribution in [-0.2, 0) is 33.3 Å². The van der Waals surface area contributed by atoms with Gasteiger partial charge in [0, 0.05) is 61.8 Å². The molecular weight excluding hydrogens is 698 g/mol. The van der Waals surface area contributed by atoms with Crippen molar-refractivity contribution in [2.24, 2.45) is 23.7 Å². The number of esters is 1. The van der Waals surface area contributed by atoms with Crippen molar-refractivity contribution in [2.45, 2.75) is 105 Å². The highest BCUT2D eigenvalue weighted by Gasteiger charge is 2.52. The van der Waals surface area contributed by atoms with Gasteiger partial charge in [-0.25, -0.2) is 0 Å². The molecule has 7 bridgehead atoms. The maximum absolute atomic E-state index is 14.1. The number of nitrogens with one attached hydrogen (secondary N) is 1. The predicted octanol–water partition coefficient (Wildman–Crippen LogP) is 5.73. The molecule has 0 saturated carbocycles. The average Bonchev–Trinajstić information content (AvgIpc) is 3.37. The Kier molecular flexibility index (Phi) is 11.5. The molecule has 6 rings (SSSR count). The van der Waals surface area contributed by atoms with Crippen LogP contribution in [-0.4, -0.2) is 79.4 Å². The summed E-state index contributed by atoms with van der Waals surface area (Å²) in [5.74, 6) is -7.13. The van der Waals surface area contributed by atoms with Gasteiger partial charge in [0.2, 0.25) is 5.78 Å². The van der Waals surface area contributed by atoms with Gasteiger partial charge in [-0.3, -0.25) is 24.0 Å². The maximum Gasteiger partial charge on any atom is 0.312 e. The average molecular weight is 750 g/mol. The van der Waals surface area contributed by atoms with Crippen LogP contribution in [0, 0.1) is 30.6 Å². The van der Waals surface area contributed by atoms with Crippen molar-refractivity contribution in [3.05, 3.63) is 70.2 Å². The Morgan fingerprint density at radius 2 is 1.54 bits per heavy atom. The first-order chi connectivity index (χ1) is 25.3. The molecule has 13 nitrogen and oxygen atoms in total. The summed E-state index contributed by atoms with van der Waals surface area (Å²) < 4.78 is 42.5. The van der Waals surface area contributed by atoms with Crippen molar-refractivity contribution in [2.75, 3.05) is 14.2 Å². The number of carbonyl (C=O) groups excluding carboxylic acids is 5. The SMILES string of the molecule is COc1c(C)c2c3c4c1C(=O)C(=CC4=O)NC(=O)C(C)=CC=CC(C)C1OC(C)(C)OC(C1C)C(C)C(OC(C)=O)C(C)C(OC)C=COC(C)(O2)C3=O. The molecular formula is C41H51NO12. The Labute approximate surface area is 316 Å². The monoisotopic (exact) mass is 749 g/mol. The number of Topliss-reactive ketones (excluding diaryl/α,β-unsaturated/α-hetero) is 2. The van der Waals surface area contributed by atoms with Gasteiger partial charge in [0.15, 0.2) is 11.6 Å². The normalized spacial score (nSPS) is 32.6. The molecule has 0 aromatic heterocycles. The van der Waals surface area contributed by atoms with Gasteiger partial charge >= 0.3 is 11.8 Å². The number of methoxy groups -OCH3 is 2. The minimum Gasteiger partial charge on any atom is -0.496 e. The van der Waals surface area contributed by atoms with E-state index >= 15 is 0 Å². The lowest BCUT2D eigenvalue weighted by Crippen LogP contribution is -2.56. The molecule has 54 heavy (non-hydrogen) atoms. The number of ketones is 3. The molecule has 9 unspecified atom stereocenters. The second-order valence-electron chi connectivity index (χ2n) is 15.2. The summed E-state index contributed by atoms with van der Waals surface area (Å²) in [6.45, 7) is 17.5. The Morgan fingerprint density at radius 1 is 0.870 bits per heavy atom. The summed E-state index contributed by atoms with van der Waals surface area (Å²) in [4.78, 5) is 67.7. The molecule has 9 atom stereocenters.